The van der Waals surface area contributed by atoms with E-state index >= 15 is 0 Å². The molecule has 0 aliphatic carbocycles. The van der Waals surface area contributed by atoms with E-state index in [1.54, 1.807) is 12.5 Å². The van der Waals surface area contributed by atoms with Crippen molar-refractivity contribution in [1.82, 2.24) is 24.9 Å². The second kappa shape index (κ2) is 4.35. The predicted molar refractivity (Wildman–Crippen MR) is 57.6 cm³/mol. The van der Waals surface area contributed by atoms with Gasteiger partial charge in [-0.05, 0) is 13.5 Å². The second-order valence-electron chi connectivity index (χ2n) is 3.53. The molecule has 0 saturated heterocycles. The van der Waals surface area contributed by atoms with Crippen molar-refractivity contribution in [2.45, 2.75) is 25.8 Å². The van der Waals surface area contributed by atoms with Gasteiger partial charge in [-0.15, -0.1) is 10.2 Å². The molecule has 2 aromatic rings. The number of nitrogens with zero attached hydrogens (tertiary/aromatic N) is 4. The van der Waals surface area contributed by atoms with E-state index in [0.717, 1.165) is 24.2 Å². The summed E-state index contributed by atoms with van der Waals surface area (Å²) in [5, 5.41) is 11.2. The number of fused-ring (bicyclic) bond motifs is 1. The van der Waals surface area contributed by atoms with Crippen molar-refractivity contribution >= 4 is 5.65 Å². The van der Waals surface area contributed by atoms with Crippen LogP contribution in [0.25, 0.3) is 5.65 Å². The monoisotopic (exact) mass is 205 g/mol. The Kier molecular flexibility index (Phi) is 2.91. The van der Waals surface area contributed by atoms with Crippen LogP contribution in [0.3, 0.4) is 0 Å². The first-order chi connectivity index (χ1) is 7.35. The smallest absolute Gasteiger partial charge is 0.182 e. The van der Waals surface area contributed by atoms with Crippen LogP contribution in [0.1, 0.15) is 19.0 Å². The number of hydrogen-bond donors (Lipinski definition) is 1. The lowest BCUT2D eigenvalue weighted by Gasteiger charge is -2.12. The lowest BCUT2D eigenvalue weighted by Crippen LogP contribution is -2.27. The van der Waals surface area contributed by atoms with Crippen LogP contribution in [0.15, 0.2) is 18.7 Å². The maximum Gasteiger partial charge on any atom is 0.182 e. The predicted octanol–water partition coefficient (Wildman–Crippen LogP) is 0.665. The molecular formula is C10H15N5. The Morgan fingerprint density at radius 2 is 2.40 bits per heavy atom. The number of hydrogen-bond acceptors (Lipinski definition) is 4. The molecule has 2 rings (SSSR count). The van der Waals surface area contributed by atoms with Gasteiger partial charge in [-0.2, -0.15) is 0 Å². The number of aromatic nitrogens is 4. The zero-order valence-corrected chi connectivity index (χ0v) is 9.01. The van der Waals surface area contributed by atoms with E-state index in [1.807, 2.05) is 17.6 Å². The van der Waals surface area contributed by atoms with Crippen molar-refractivity contribution in [3.05, 3.63) is 24.4 Å². The largest absolute Gasteiger partial charge is 0.317 e. The third kappa shape index (κ3) is 1.97. The van der Waals surface area contributed by atoms with E-state index in [0.29, 0.717) is 6.04 Å². The van der Waals surface area contributed by atoms with Crippen molar-refractivity contribution in [3.8, 4) is 0 Å². The Balaban J connectivity index is 2.30. The highest BCUT2D eigenvalue weighted by Gasteiger charge is 2.10. The van der Waals surface area contributed by atoms with Crippen LogP contribution in [0.5, 0.6) is 0 Å². The zero-order chi connectivity index (χ0) is 10.7. The van der Waals surface area contributed by atoms with Gasteiger partial charge in [-0.1, -0.05) is 6.92 Å². The van der Waals surface area contributed by atoms with Crippen LogP contribution in [0.4, 0.5) is 0 Å². The third-order valence-electron chi connectivity index (χ3n) is 2.63. The molecule has 0 spiro atoms. The molecule has 0 saturated carbocycles. The maximum absolute atomic E-state index is 4.35. The van der Waals surface area contributed by atoms with E-state index < -0.39 is 0 Å². The lowest BCUT2D eigenvalue weighted by atomic mass is 10.1. The quantitative estimate of drug-likeness (QED) is 0.797. The topological polar surface area (TPSA) is 55.1 Å². The summed E-state index contributed by atoms with van der Waals surface area (Å²) >= 11 is 0. The molecule has 0 aliphatic heterocycles. The average molecular weight is 205 g/mol. The highest BCUT2D eigenvalue weighted by Crippen LogP contribution is 2.08. The molecule has 0 bridgehead atoms. The van der Waals surface area contributed by atoms with Gasteiger partial charge in [0.15, 0.2) is 5.65 Å². The summed E-state index contributed by atoms with van der Waals surface area (Å²) in [6, 6.07) is 0.445. The van der Waals surface area contributed by atoms with Crippen LogP contribution in [-0.2, 0) is 6.42 Å². The van der Waals surface area contributed by atoms with Crippen molar-refractivity contribution in [3.63, 3.8) is 0 Å². The molecule has 5 nitrogen and oxygen atoms in total. The fraction of sp³-hybridized carbons (Fsp3) is 0.500. The molecule has 0 fully saturated rings. The molecule has 2 heterocycles. The van der Waals surface area contributed by atoms with Gasteiger partial charge in [0, 0.05) is 24.9 Å². The van der Waals surface area contributed by atoms with Gasteiger partial charge in [0.25, 0.3) is 0 Å². The first kappa shape index (κ1) is 10.0. The zero-order valence-electron chi connectivity index (χ0n) is 9.01. The van der Waals surface area contributed by atoms with Crippen molar-refractivity contribution in [1.29, 1.82) is 0 Å². The number of rotatable bonds is 4. The summed E-state index contributed by atoms with van der Waals surface area (Å²) in [5.74, 6) is 0. The van der Waals surface area contributed by atoms with Gasteiger partial charge >= 0.3 is 0 Å². The van der Waals surface area contributed by atoms with Gasteiger partial charge in [0.05, 0.1) is 5.69 Å². The van der Waals surface area contributed by atoms with Crippen molar-refractivity contribution in [2.75, 3.05) is 7.05 Å². The Hall–Kier alpha value is -1.49. The first-order valence-corrected chi connectivity index (χ1v) is 5.15. The van der Waals surface area contributed by atoms with Crippen LogP contribution in [0.2, 0.25) is 0 Å². The standard InChI is InChI=1S/C10H15N5/c1-3-8(11-2)6-9-10-14-13-7-15(10)5-4-12-9/h4-5,7-8,11H,3,6H2,1-2H3. The Labute approximate surface area is 88.6 Å². The molecular weight excluding hydrogens is 190 g/mol. The molecule has 15 heavy (non-hydrogen) atoms. The summed E-state index contributed by atoms with van der Waals surface area (Å²) < 4.78 is 1.89. The summed E-state index contributed by atoms with van der Waals surface area (Å²) in [7, 11) is 1.97. The van der Waals surface area contributed by atoms with E-state index in [9.17, 15) is 0 Å². The maximum atomic E-state index is 4.35. The lowest BCUT2D eigenvalue weighted by molar-refractivity contribution is 0.538. The van der Waals surface area contributed by atoms with Gasteiger partial charge < -0.3 is 5.32 Å². The minimum absolute atomic E-state index is 0.445. The fourth-order valence-corrected chi connectivity index (χ4v) is 1.64. The first-order valence-electron chi connectivity index (χ1n) is 5.15. The van der Waals surface area contributed by atoms with Crippen LogP contribution < -0.4 is 5.32 Å². The average Bonchev–Trinajstić information content (AvgIpc) is 2.74. The molecule has 80 valence electrons. The van der Waals surface area contributed by atoms with Gasteiger partial charge in [-0.3, -0.25) is 9.38 Å². The Bertz CT molecular complexity index is 432. The molecule has 0 radical (unpaired) electrons. The summed E-state index contributed by atoms with van der Waals surface area (Å²) in [6.07, 6.45) is 7.30. The van der Waals surface area contributed by atoms with E-state index in [1.165, 1.54) is 0 Å². The highest BCUT2D eigenvalue weighted by atomic mass is 15.2. The molecule has 5 heteroatoms. The van der Waals surface area contributed by atoms with Gasteiger partial charge in [0.1, 0.15) is 6.33 Å². The summed E-state index contributed by atoms with van der Waals surface area (Å²) in [6.45, 7) is 2.16. The second-order valence-corrected chi connectivity index (χ2v) is 3.53. The molecule has 0 aliphatic rings. The minimum Gasteiger partial charge on any atom is -0.317 e. The normalized spacial score (nSPS) is 13.2. The van der Waals surface area contributed by atoms with Crippen molar-refractivity contribution < 1.29 is 0 Å². The third-order valence-corrected chi connectivity index (χ3v) is 2.63. The van der Waals surface area contributed by atoms with Gasteiger partial charge in [0.2, 0.25) is 0 Å². The summed E-state index contributed by atoms with van der Waals surface area (Å²) in [5.41, 5.74) is 1.85. The van der Waals surface area contributed by atoms with Crippen LogP contribution in [0, 0.1) is 0 Å². The number of nitrogens with one attached hydrogen (secondary N) is 1. The molecule has 2 aromatic heterocycles. The summed E-state index contributed by atoms with van der Waals surface area (Å²) in [4.78, 5) is 4.35. The highest BCUT2D eigenvalue weighted by molar-refractivity contribution is 5.42. The molecule has 1 unspecified atom stereocenters. The van der Waals surface area contributed by atoms with Gasteiger partial charge in [-0.25, -0.2) is 0 Å². The SMILES string of the molecule is CCC(Cc1nccn2cnnc12)NC. The molecule has 0 aromatic carbocycles. The number of likely N-dealkylation sites (N-methyl/N-ethyl adjacent to an activating group) is 1. The van der Waals surface area contributed by atoms with E-state index in [2.05, 4.69) is 27.4 Å². The van der Waals surface area contributed by atoms with E-state index in [4.69, 9.17) is 0 Å². The Morgan fingerprint density at radius 1 is 1.53 bits per heavy atom. The minimum atomic E-state index is 0.445. The van der Waals surface area contributed by atoms with Crippen LogP contribution >= 0.6 is 0 Å². The van der Waals surface area contributed by atoms with Crippen LogP contribution in [-0.4, -0.2) is 32.7 Å². The fourth-order valence-electron chi connectivity index (χ4n) is 1.64. The van der Waals surface area contributed by atoms with Crippen molar-refractivity contribution in [2.24, 2.45) is 0 Å². The molecule has 1 atom stereocenters. The Morgan fingerprint density at radius 3 is 3.13 bits per heavy atom. The molecule has 1 N–H and O–H groups in total. The van der Waals surface area contributed by atoms with E-state index in [-0.39, 0.29) is 0 Å². The molecule has 0 amide bonds.